The van der Waals surface area contributed by atoms with E-state index < -0.39 is 0 Å². The highest BCUT2D eigenvalue weighted by molar-refractivity contribution is 5.27. The quantitative estimate of drug-likeness (QED) is 0.676. The van der Waals surface area contributed by atoms with E-state index in [-0.39, 0.29) is 0 Å². The molecule has 2 rings (SSSR count). The number of hydrogen-bond acceptors (Lipinski definition) is 0. The van der Waals surface area contributed by atoms with Crippen LogP contribution in [0, 0.1) is 6.92 Å². The predicted octanol–water partition coefficient (Wildman–Crippen LogP) is 5.00. The van der Waals surface area contributed by atoms with Crippen LogP contribution in [0.3, 0.4) is 0 Å². The lowest BCUT2D eigenvalue weighted by atomic mass is 10.0. The molecule has 0 saturated heterocycles. The Balaban J connectivity index is 0.000000437. The first-order chi connectivity index (χ1) is 8.26. The molecule has 17 heavy (non-hydrogen) atoms. The van der Waals surface area contributed by atoms with E-state index in [1.54, 1.807) is 0 Å². The average molecular weight is 226 g/mol. The summed E-state index contributed by atoms with van der Waals surface area (Å²) in [6, 6.07) is 19.3. The summed E-state index contributed by atoms with van der Waals surface area (Å²) in [6.45, 7) is 6.37. The van der Waals surface area contributed by atoms with E-state index in [9.17, 15) is 0 Å². The van der Waals surface area contributed by atoms with Gasteiger partial charge in [0.2, 0.25) is 0 Å². The molecule has 0 N–H and O–H groups in total. The Morgan fingerprint density at radius 3 is 1.71 bits per heavy atom. The normalized spacial score (nSPS) is 9.35. The molecule has 0 heteroatoms. The molecule has 0 unspecified atom stereocenters. The average Bonchev–Trinajstić information content (AvgIpc) is 2.35. The molecule has 0 bridgehead atoms. The second-order valence-corrected chi connectivity index (χ2v) is 4.36. The predicted molar refractivity (Wildman–Crippen MR) is 76.4 cm³/mol. The summed E-state index contributed by atoms with van der Waals surface area (Å²) in [5, 5.41) is 0. The number of benzene rings is 2. The monoisotopic (exact) mass is 226 g/mol. The Morgan fingerprint density at radius 2 is 1.18 bits per heavy atom. The van der Waals surface area contributed by atoms with Gasteiger partial charge in [0.1, 0.15) is 0 Å². The zero-order valence-corrected chi connectivity index (χ0v) is 11.1. The van der Waals surface area contributed by atoms with E-state index >= 15 is 0 Å². The number of hydrogen-bond donors (Lipinski definition) is 0. The summed E-state index contributed by atoms with van der Waals surface area (Å²) < 4.78 is 0. The molecular formula is C17H22. The maximum Gasteiger partial charge on any atom is -0.00258 e. The van der Waals surface area contributed by atoms with Crippen molar-refractivity contribution in [3.63, 3.8) is 0 Å². The first-order valence-electron chi connectivity index (χ1n) is 6.35. The second-order valence-electron chi connectivity index (χ2n) is 4.36. The fourth-order valence-electron chi connectivity index (χ4n) is 1.54. The van der Waals surface area contributed by atoms with Gasteiger partial charge in [-0.2, -0.15) is 0 Å². The molecule has 0 saturated carbocycles. The number of aryl methyl sites for hydroxylation is 1. The van der Waals surface area contributed by atoms with Crippen LogP contribution in [0.25, 0.3) is 0 Å². The molecule has 0 aliphatic rings. The molecule has 2 aromatic carbocycles. The first kappa shape index (κ1) is 13.5. The Kier molecular flexibility index (Phi) is 6.09. The molecule has 0 fully saturated rings. The van der Waals surface area contributed by atoms with Crippen LogP contribution in [0.2, 0.25) is 0 Å². The molecule has 0 aliphatic heterocycles. The molecule has 0 aliphatic carbocycles. The van der Waals surface area contributed by atoms with Crippen LogP contribution in [-0.4, -0.2) is 0 Å². The SMILES string of the molecule is CCC.Cc1ccc(Cc2ccccc2)cc1. The van der Waals surface area contributed by atoms with Crippen LogP contribution in [-0.2, 0) is 6.42 Å². The fourth-order valence-corrected chi connectivity index (χ4v) is 1.54. The Morgan fingerprint density at radius 1 is 0.706 bits per heavy atom. The molecule has 0 heterocycles. The largest absolute Gasteiger partial charge is 0.0656 e. The standard InChI is InChI=1S/C14H14.C3H8/c1-12-7-9-14(10-8-12)11-13-5-3-2-4-6-13;1-3-2/h2-10H,11H2,1H3;3H2,1-2H3. The van der Waals surface area contributed by atoms with Crippen LogP contribution < -0.4 is 0 Å². The Hall–Kier alpha value is -1.56. The van der Waals surface area contributed by atoms with Crippen molar-refractivity contribution in [1.29, 1.82) is 0 Å². The third-order valence-corrected chi connectivity index (χ3v) is 2.37. The molecule has 0 radical (unpaired) electrons. The van der Waals surface area contributed by atoms with E-state index in [1.165, 1.54) is 23.1 Å². The van der Waals surface area contributed by atoms with Crippen LogP contribution in [0.15, 0.2) is 54.6 Å². The molecule has 0 nitrogen and oxygen atoms in total. The minimum Gasteiger partial charge on any atom is -0.0656 e. The summed E-state index contributed by atoms with van der Waals surface area (Å²) in [7, 11) is 0. The van der Waals surface area contributed by atoms with Gasteiger partial charge in [-0.3, -0.25) is 0 Å². The third kappa shape index (κ3) is 5.35. The highest BCUT2D eigenvalue weighted by Gasteiger charge is 1.94. The van der Waals surface area contributed by atoms with Crippen LogP contribution in [0.5, 0.6) is 0 Å². The van der Waals surface area contributed by atoms with Crippen LogP contribution >= 0.6 is 0 Å². The van der Waals surface area contributed by atoms with Gasteiger partial charge in [0.05, 0.1) is 0 Å². The summed E-state index contributed by atoms with van der Waals surface area (Å²) in [4.78, 5) is 0. The van der Waals surface area contributed by atoms with E-state index in [2.05, 4.69) is 75.4 Å². The van der Waals surface area contributed by atoms with E-state index in [0.29, 0.717) is 0 Å². The van der Waals surface area contributed by atoms with Crippen LogP contribution in [0.4, 0.5) is 0 Å². The molecule has 2 aromatic rings. The van der Waals surface area contributed by atoms with Crippen molar-refractivity contribution in [1.82, 2.24) is 0 Å². The molecule has 0 amide bonds. The lowest BCUT2D eigenvalue weighted by Gasteiger charge is -2.01. The van der Waals surface area contributed by atoms with Gasteiger partial charge in [0.25, 0.3) is 0 Å². The zero-order valence-electron chi connectivity index (χ0n) is 11.1. The van der Waals surface area contributed by atoms with Crippen molar-refractivity contribution < 1.29 is 0 Å². The van der Waals surface area contributed by atoms with Gasteiger partial charge in [0.15, 0.2) is 0 Å². The lowest BCUT2D eigenvalue weighted by molar-refractivity contribution is 1.09. The highest BCUT2D eigenvalue weighted by Crippen LogP contribution is 2.09. The van der Waals surface area contributed by atoms with Gasteiger partial charge < -0.3 is 0 Å². The molecular weight excluding hydrogens is 204 g/mol. The first-order valence-corrected chi connectivity index (χ1v) is 6.35. The summed E-state index contributed by atoms with van der Waals surface area (Å²) in [5.41, 5.74) is 4.07. The van der Waals surface area contributed by atoms with Gasteiger partial charge in [-0.15, -0.1) is 0 Å². The smallest absolute Gasteiger partial charge is 0.00258 e. The lowest BCUT2D eigenvalue weighted by Crippen LogP contribution is -1.86. The maximum absolute atomic E-state index is 2.20. The minimum absolute atomic E-state index is 1.03. The van der Waals surface area contributed by atoms with Crippen LogP contribution in [0.1, 0.15) is 37.0 Å². The summed E-state index contributed by atoms with van der Waals surface area (Å²) >= 11 is 0. The zero-order chi connectivity index (χ0) is 12.5. The molecule has 90 valence electrons. The van der Waals surface area contributed by atoms with Gasteiger partial charge in [-0.05, 0) is 24.5 Å². The topological polar surface area (TPSA) is 0 Å². The summed E-state index contributed by atoms with van der Waals surface area (Å²) in [6.07, 6.45) is 2.28. The van der Waals surface area contributed by atoms with Crippen molar-refractivity contribution in [2.24, 2.45) is 0 Å². The van der Waals surface area contributed by atoms with Gasteiger partial charge in [-0.1, -0.05) is 80.4 Å². The molecule has 0 atom stereocenters. The van der Waals surface area contributed by atoms with Crippen molar-refractivity contribution in [3.8, 4) is 0 Å². The molecule has 0 aromatic heterocycles. The van der Waals surface area contributed by atoms with Gasteiger partial charge in [0, 0.05) is 0 Å². The minimum atomic E-state index is 1.03. The highest BCUT2D eigenvalue weighted by atomic mass is 14.0. The van der Waals surface area contributed by atoms with Crippen molar-refractivity contribution in [2.75, 3.05) is 0 Å². The van der Waals surface area contributed by atoms with E-state index in [4.69, 9.17) is 0 Å². The van der Waals surface area contributed by atoms with Crippen molar-refractivity contribution in [3.05, 3.63) is 71.3 Å². The van der Waals surface area contributed by atoms with Gasteiger partial charge in [-0.25, -0.2) is 0 Å². The van der Waals surface area contributed by atoms with Crippen molar-refractivity contribution >= 4 is 0 Å². The van der Waals surface area contributed by atoms with E-state index in [1.807, 2.05) is 0 Å². The van der Waals surface area contributed by atoms with Gasteiger partial charge >= 0.3 is 0 Å². The van der Waals surface area contributed by atoms with E-state index in [0.717, 1.165) is 6.42 Å². The second kappa shape index (κ2) is 7.67. The third-order valence-electron chi connectivity index (χ3n) is 2.37. The Bertz CT molecular complexity index is 398. The maximum atomic E-state index is 2.20. The fraction of sp³-hybridized carbons (Fsp3) is 0.294. The van der Waals surface area contributed by atoms with Crippen molar-refractivity contribution in [2.45, 2.75) is 33.6 Å². The number of rotatable bonds is 2. The Labute approximate surface area is 105 Å². The summed E-state index contributed by atoms with van der Waals surface area (Å²) in [5.74, 6) is 0. The molecule has 0 spiro atoms.